The molecular formula is C15H14ClNO4S. The molecule has 0 fully saturated rings. The van der Waals surface area contributed by atoms with Crippen molar-refractivity contribution in [1.82, 2.24) is 4.72 Å². The van der Waals surface area contributed by atoms with E-state index in [-0.39, 0.29) is 23.1 Å². The number of nitrogens with one attached hydrogen (secondary N) is 1. The lowest BCUT2D eigenvalue weighted by Gasteiger charge is -2.26. The second kappa shape index (κ2) is 6.16. The Morgan fingerprint density at radius 1 is 1.09 bits per heavy atom. The molecule has 2 aromatic rings. The highest BCUT2D eigenvalue weighted by Gasteiger charge is 2.24. The summed E-state index contributed by atoms with van der Waals surface area (Å²) in [6, 6.07) is 13.6. The van der Waals surface area contributed by atoms with E-state index >= 15 is 0 Å². The fourth-order valence-electron chi connectivity index (χ4n) is 2.11. The Morgan fingerprint density at radius 3 is 2.55 bits per heavy atom. The number of para-hydroxylation sites is 2. The van der Waals surface area contributed by atoms with Crippen LogP contribution in [-0.4, -0.2) is 27.7 Å². The monoisotopic (exact) mass is 339 g/mol. The van der Waals surface area contributed by atoms with E-state index in [2.05, 4.69) is 4.72 Å². The summed E-state index contributed by atoms with van der Waals surface area (Å²) in [6.45, 7) is 0.379. The Labute approximate surface area is 133 Å². The average Bonchev–Trinajstić information content (AvgIpc) is 2.53. The molecule has 116 valence electrons. The van der Waals surface area contributed by atoms with Gasteiger partial charge >= 0.3 is 0 Å². The van der Waals surface area contributed by atoms with Crippen LogP contribution >= 0.6 is 11.6 Å². The first kappa shape index (κ1) is 15.1. The summed E-state index contributed by atoms with van der Waals surface area (Å²) >= 11 is 5.92. The van der Waals surface area contributed by atoms with Gasteiger partial charge in [0.15, 0.2) is 11.5 Å². The van der Waals surface area contributed by atoms with E-state index in [9.17, 15) is 8.42 Å². The molecule has 0 amide bonds. The standard InChI is InChI=1S/C15H14ClNO4S/c16-12-5-1-4-8-15(12)22(18,19)17-9-11-10-20-13-6-2-3-7-14(13)21-11/h1-8,11,17H,9-10H2. The van der Waals surface area contributed by atoms with Gasteiger partial charge in [0.1, 0.15) is 17.6 Å². The SMILES string of the molecule is O=S(=O)(NCC1COc2ccccc2O1)c1ccccc1Cl. The molecule has 22 heavy (non-hydrogen) atoms. The van der Waals surface area contributed by atoms with Crippen molar-refractivity contribution in [2.45, 2.75) is 11.0 Å². The van der Waals surface area contributed by atoms with Crippen LogP contribution in [0, 0.1) is 0 Å². The maximum absolute atomic E-state index is 12.2. The first-order chi connectivity index (χ1) is 10.6. The smallest absolute Gasteiger partial charge is 0.242 e. The van der Waals surface area contributed by atoms with Crippen LogP contribution in [0.1, 0.15) is 0 Å². The van der Waals surface area contributed by atoms with Crippen LogP contribution in [0.3, 0.4) is 0 Å². The van der Waals surface area contributed by atoms with Gasteiger partial charge in [-0.15, -0.1) is 0 Å². The van der Waals surface area contributed by atoms with Crippen LogP contribution in [0.15, 0.2) is 53.4 Å². The molecule has 0 saturated carbocycles. The summed E-state index contributed by atoms with van der Waals surface area (Å²) in [6.07, 6.45) is -0.396. The second-order valence-corrected chi connectivity index (χ2v) is 6.92. The summed E-state index contributed by atoms with van der Waals surface area (Å²) in [5.41, 5.74) is 0. The van der Waals surface area contributed by atoms with Gasteiger partial charge in [-0.3, -0.25) is 0 Å². The van der Waals surface area contributed by atoms with Gasteiger partial charge in [-0.2, -0.15) is 0 Å². The molecule has 5 nitrogen and oxygen atoms in total. The summed E-state index contributed by atoms with van der Waals surface area (Å²) in [7, 11) is -3.69. The number of benzene rings is 2. The van der Waals surface area contributed by atoms with Crippen molar-refractivity contribution in [3.8, 4) is 11.5 Å². The molecule has 1 heterocycles. The van der Waals surface area contributed by atoms with Crippen molar-refractivity contribution < 1.29 is 17.9 Å². The van der Waals surface area contributed by atoms with Gasteiger partial charge in [-0.25, -0.2) is 13.1 Å². The summed E-state index contributed by atoms with van der Waals surface area (Å²) in [4.78, 5) is 0.0498. The molecule has 0 spiro atoms. The van der Waals surface area contributed by atoms with E-state index in [0.717, 1.165) is 0 Å². The Bertz CT molecular complexity index is 779. The molecular weight excluding hydrogens is 326 g/mol. The Hall–Kier alpha value is -1.76. The van der Waals surface area contributed by atoms with Crippen molar-refractivity contribution in [2.75, 3.05) is 13.2 Å². The van der Waals surface area contributed by atoms with Crippen LogP contribution < -0.4 is 14.2 Å². The van der Waals surface area contributed by atoms with Gasteiger partial charge in [-0.1, -0.05) is 35.9 Å². The molecule has 0 aromatic heterocycles. The van der Waals surface area contributed by atoms with E-state index in [1.165, 1.54) is 12.1 Å². The maximum atomic E-state index is 12.2. The highest BCUT2D eigenvalue weighted by atomic mass is 35.5. The Morgan fingerprint density at radius 2 is 1.77 bits per heavy atom. The first-order valence-corrected chi connectivity index (χ1v) is 8.55. The molecule has 1 N–H and O–H groups in total. The number of hydrogen-bond acceptors (Lipinski definition) is 4. The highest BCUT2D eigenvalue weighted by Crippen LogP contribution is 2.30. The molecule has 1 aliphatic heterocycles. The van der Waals surface area contributed by atoms with Crippen molar-refractivity contribution in [3.05, 3.63) is 53.6 Å². The number of hydrogen-bond donors (Lipinski definition) is 1. The Kier molecular flexibility index (Phi) is 4.24. The predicted octanol–water partition coefficient (Wildman–Crippen LogP) is 2.46. The van der Waals surface area contributed by atoms with E-state index in [0.29, 0.717) is 11.5 Å². The summed E-state index contributed by atoms with van der Waals surface area (Å²) in [5, 5.41) is 0.182. The normalized spacial score (nSPS) is 17.2. The number of fused-ring (bicyclic) bond motifs is 1. The molecule has 2 aromatic carbocycles. The number of rotatable bonds is 4. The number of ether oxygens (including phenoxy) is 2. The van der Waals surface area contributed by atoms with Gasteiger partial charge in [0.05, 0.1) is 11.6 Å². The van der Waals surface area contributed by atoms with E-state index in [1.807, 2.05) is 12.1 Å². The molecule has 1 unspecified atom stereocenters. The predicted molar refractivity (Wildman–Crippen MR) is 83.0 cm³/mol. The van der Waals surface area contributed by atoms with Gasteiger partial charge in [0, 0.05) is 0 Å². The van der Waals surface area contributed by atoms with Crippen LogP contribution in [0.25, 0.3) is 0 Å². The van der Waals surface area contributed by atoms with Gasteiger partial charge < -0.3 is 9.47 Å². The van der Waals surface area contributed by atoms with Gasteiger partial charge in [0.25, 0.3) is 0 Å². The molecule has 3 rings (SSSR count). The molecule has 0 radical (unpaired) electrons. The average molecular weight is 340 g/mol. The fraction of sp³-hybridized carbons (Fsp3) is 0.200. The van der Waals surface area contributed by atoms with Crippen molar-refractivity contribution >= 4 is 21.6 Å². The largest absolute Gasteiger partial charge is 0.486 e. The van der Waals surface area contributed by atoms with Gasteiger partial charge in [0.2, 0.25) is 10.0 Å². The van der Waals surface area contributed by atoms with Crippen LogP contribution in [0.5, 0.6) is 11.5 Å². The number of sulfonamides is 1. The van der Waals surface area contributed by atoms with Crippen LogP contribution in [-0.2, 0) is 10.0 Å². The minimum Gasteiger partial charge on any atom is -0.486 e. The maximum Gasteiger partial charge on any atom is 0.242 e. The fourth-order valence-corrected chi connectivity index (χ4v) is 3.69. The van der Waals surface area contributed by atoms with Crippen molar-refractivity contribution in [2.24, 2.45) is 0 Å². The summed E-state index contributed by atoms with van der Waals surface area (Å²) in [5.74, 6) is 1.27. The zero-order valence-corrected chi connectivity index (χ0v) is 13.1. The zero-order chi connectivity index (χ0) is 15.6. The third-order valence-electron chi connectivity index (χ3n) is 3.19. The highest BCUT2D eigenvalue weighted by molar-refractivity contribution is 7.89. The quantitative estimate of drug-likeness (QED) is 0.929. The van der Waals surface area contributed by atoms with Crippen molar-refractivity contribution in [3.63, 3.8) is 0 Å². The third-order valence-corrected chi connectivity index (χ3v) is 5.12. The lowest BCUT2D eigenvalue weighted by atomic mass is 10.2. The van der Waals surface area contributed by atoms with E-state index < -0.39 is 16.1 Å². The zero-order valence-electron chi connectivity index (χ0n) is 11.5. The lowest BCUT2D eigenvalue weighted by molar-refractivity contribution is 0.0943. The van der Waals surface area contributed by atoms with Crippen LogP contribution in [0.4, 0.5) is 0 Å². The summed E-state index contributed by atoms with van der Waals surface area (Å²) < 4.78 is 38.3. The molecule has 0 aliphatic carbocycles. The van der Waals surface area contributed by atoms with E-state index in [1.54, 1.807) is 24.3 Å². The molecule has 0 saturated heterocycles. The molecule has 7 heteroatoms. The van der Waals surface area contributed by atoms with Crippen molar-refractivity contribution in [1.29, 1.82) is 0 Å². The molecule has 1 atom stereocenters. The minimum absolute atomic E-state index is 0.0498. The topological polar surface area (TPSA) is 64.6 Å². The van der Waals surface area contributed by atoms with Crippen LogP contribution in [0.2, 0.25) is 5.02 Å². The first-order valence-electron chi connectivity index (χ1n) is 6.69. The minimum atomic E-state index is -3.69. The Balaban J connectivity index is 1.67. The second-order valence-electron chi connectivity index (χ2n) is 4.78. The number of halogens is 1. The molecule has 1 aliphatic rings. The lowest BCUT2D eigenvalue weighted by Crippen LogP contribution is -2.40. The molecule has 0 bridgehead atoms. The van der Waals surface area contributed by atoms with Gasteiger partial charge in [-0.05, 0) is 24.3 Å². The van der Waals surface area contributed by atoms with E-state index in [4.69, 9.17) is 21.1 Å². The third kappa shape index (κ3) is 3.19.